The maximum absolute atomic E-state index is 13.7. The first-order chi connectivity index (χ1) is 10.4. The van der Waals surface area contributed by atoms with Crippen LogP contribution in [0.2, 0.25) is 0 Å². The van der Waals surface area contributed by atoms with Crippen LogP contribution in [0, 0.1) is 15.9 Å². The summed E-state index contributed by atoms with van der Waals surface area (Å²) in [4.78, 5) is 27.6. The van der Waals surface area contributed by atoms with Crippen molar-refractivity contribution in [3.63, 3.8) is 0 Å². The molecule has 0 atom stereocenters. The lowest BCUT2D eigenvalue weighted by atomic mass is 10.2. The minimum atomic E-state index is -0.839. The molecule has 0 saturated carbocycles. The molecule has 2 rings (SSSR count). The fourth-order valence-electron chi connectivity index (χ4n) is 2.51. The van der Waals surface area contributed by atoms with Crippen molar-refractivity contribution in [1.82, 2.24) is 9.80 Å². The largest absolute Gasteiger partial charge is 0.362 e. The van der Waals surface area contributed by atoms with E-state index in [4.69, 9.17) is 0 Å². The van der Waals surface area contributed by atoms with Gasteiger partial charge >= 0.3 is 5.69 Å². The summed E-state index contributed by atoms with van der Waals surface area (Å²) < 4.78 is 13.7. The summed E-state index contributed by atoms with van der Waals surface area (Å²) in [7, 11) is 3.65. The van der Waals surface area contributed by atoms with Crippen molar-refractivity contribution >= 4 is 17.3 Å². The van der Waals surface area contributed by atoms with Crippen LogP contribution in [0.15, 0.2) is 18.2 Å². The quantitative estimate of drug-likeness (QED) is 0.611. The van der Waals surface area contributed by atoms with Crippen LogP contribution in [-0.4, -0.2) is 67.4 Å². The van der Waals surface area contributed by atoms with Crippen molar-refractivity contribution in [2.24, 2.45) is 0 Å². The first-order valence-electron chi connectivity index (χ1n) is 7.00. The zero-order valence-electron chi connectivity index (χ0n) is 12.7. The Morgan fingerprint density at radius 2 is 1.95 bits per heavy atom. The van der Waals surface area contributed by atoms with Gasteiger partial charge < -0.3 is 14.7 Å². The molecule has 0 spiro atoms. The highest BCUT2D eigenvalue weighted by Gasteiger charge is 2.28. The fraction of sp³-hybridized carbons (Fsp3) is 0.500. The summed E-state index contributed by atoms with van der Waals surface area (Å²) in [5.74, 6) is -0.813. The van der Waals surface area contributed by atoms with Crippen LogP contribution in [0.3, 0.4) is 0 Å². The van der Waals surface area contributed by atoms with Gasteiger partial charge in [0.15, 0.2) is 0 Å². The molecule has 0 radical (unpaired) electrons. The number of piperazine rings is 1. The van der Waals surface area contributed by atoms with E-state index in [0.717, 1.165) is 6.07 Å². The number of carbonyl (C=O) groups excluding carboxylic acids is 1. The van der Waals surface area contributed by atoms with E-state index in [0.29, 0.717) is 32.7 Å². The molecule has 120 valence electrons. The molecule has 1 aliphatic heterocycles. The summed E-state index contributed by atoms with van der Waals surface area (Å²) >= 11 is 0. The van der Waals surface area contributed by atoms with Crippen LogP contribution in [-0.2, 0) is 4.79 Å². The van der Waals surface area contributed by atoms with Crippen LogP contribution in [0.25, 0.3) is 0 Å². The number of hydrogen-bond acceptors (Lipinski definition) is 5. The molecule has 1 aromatic rings. The van der Waals surface area contributed by atoms with Gasteiger partial charge in [0.05, 0.1) is 11.5 Å². The lowest BCUT2D eigenvalue weighted by Crippen LogP contribution is -2.50. The van der Waals surface area contributed by atoms with Crippen molar-refractivity contribution in [2.75, 3.05) is 51.7 Å². The van der Waals surface area contributed by atoms with Gasteiger partial charge in [-0.1, -0.05) is 6.07 Å². The van der Waals surface area contributed by atoms with Crippen LogP contribution < -0.4 is 4.90 Å². The second kappa shape index (κ2) is 6.69. The lowest BCUT2D eigenvalue weighted by Gasteiger charge is -2.36. The topological polar surface area (TPSA) is 69.9 Å². The molecular weight excluding hydrogens is 291 g/mol. The van der Waals surface area contributed by atoms with Crippen molar-refractivity contribution in [1.29, 1.82) is 0 Å². The molecule has 0 aliphatic carbocycles. The first kappa shape index (κ1) is 16.2. The van der Waals surface area contributed by atoms with E-state index < -0.39 is 16.4 Å². The average Bonchev–Trinajstić information content (AvgIpc) is 2.46. The molecule has 0 bridgehead atoms. The molecule has 7 nitrogen and oxygen atoms in total. The highest BCUT2D eigenvalue weighted by molar-refractivity contribution is 5.78. The zero-order valence-corrected chi connectivity index (χ0v) is 12.7. The Hall–Kier alpha value is -2.22. The summed E-state index contributed by atoms with van der Waals surface area (Å²) in [5, 5.41) is 11.0. The number of likely N-dealkylation sites (N-methyl/N-ethyl adjacent to an activating group) is 1. The molecule has 8 heteroatoms. The van der Waals surface area contributed by atoms with Gasteiger partial charge in [-0.3, -0.25) is 14.9 Å². The number of para-hydroxylation sites is 1. The van der Waals surface area contributed by atoms with E-state index in [1.807, 2.05) is 14.1 Å². The standard InChI is InChI=1S/C14H19FN4O3/c1-16(2)10-13(20)18-8-6-17(7-9-18)12-5-3-4-11(15)14(12)19(21)22/h3-5H,6-10H2,1-2H3. The number of anilines is 1. The molecule has 22 heavy (non-hydrogen) atoms. The maximum Gasteiger partial charge on any atom is 0.327 e. The molecular formula is C14H19FN4O3. The number of halogens is 1. The Kier molecular flexibility index (Phi) is 4.92. The Balaban J connectivity index is 2.08. The molecule has 0 N–H and O–H groups in total. The third kappa shape index (κ3) is 3.51. The van der Waals surface area contributed by atoms with Gasteiger partial charge in [0.2, 0.25) is 11.7 Å². The number of rotatable bonds is 4. The molecule has 0 aromatic heterocycles. The Morgan fingerprint density at radius 1 is 1.32 bits per heavy atom. The number of carbonyl (C=O) groups is 1. The van der Waals surface area contributed by atoms with Crippen molar-refractivity contribution < 1.29 is 14.1 Å². The van der Waals surface area contributed by atoms with E-state index in [1.54, 1.807) is 20.8 Å². The second-order valence-electron chi connectivity index (χ2n) is 5.47. The number of nitro benzene ring substituents is 1. The number of hydrogen-bond donors (Lipinski definition) is 0. The Labute approximate surface area is 128 Å². The Morgan fingerprint density at radius 3 is 2.50 bits per heavy atom. The molecule has 1 aliphatic rings. The molecule has 1 fully saturated rings. The number of amides is 1. The van der Waals surface area contributed by atoms with Gasteiger partial charge in [0.1, 0.15) is 5.69 Å². The Bertz CT molecular complexity index is 571. The monoisotopic (exact) mass is 310 g/mol. The molecule has 0 unspecified atom stereocenters. The smallest absolute Gasteiger partial charge is 0.327 e. The summed E-state index contributed by atoms with van der Waals surface area (Å²) in [5.41, 5.74) is -0.236. The first-order valence-corrected chi connectivity index (χ1v) is 7.00. The maximum atomic E-state index is 13.7. The van der Waals surface area contributed by atoms with Gasteiger partial charge in [0.25, 0.3) is 0 Å². The number of nitrogens with zero attached hydrogens (tertiary/aromatic N) is 4. The van der Waals surface area contributed by atoms with E-state index in [1.165, 1.54) is 6.07 Å². The third-order valence-corrected chi connectivity index (χ3v) is 3.57. The van der Waals surface area contributed by atoms with Gasteiger partial charge in [-0.15, -0.1) is 0 Å². The lowest BCUT2D eigenvalue weighted by molar-refractivity contribution is -0.386. The fourth-order valence-corrected chi connectivity index (χ4v) is 2.51. The SMILES string of the molecule is CN(C)CC(=O)N1CCN(c2cccc(F)c2[N+](=O)[O-])CC1. The van der Waals surface area contributed by atoms with E-state index in [2.05, 4.69) is 0 Å². The summed E-state index contributed by atoms with van der Waals surface area (Å²) in [6.45, 7) is 2.17. The van der Waals surface area contributed by atoms with Crippen LogP contribution >= 0.6 is 0 Å². The van der Waals surface area contributed by atoms with Gasteiger partial charge in [0, 0.05) is 26.2 Å². The second-order valence-corrected chi connectivity index (χ2v) is 5.47. The van der Waals surface area contributed by atoms with Crippen molar-refractivity contribution in [2.45, 2.75) is 0 Å². The van der Waals surface area contributed by atoms with E-state index >= 15 is 0 Å². The summed E-state index contributed by atoms with van der Waals surface area (Å²) in [6, 6.07) is 4.08. The minimum absolute atomic E-state index is 0.0263. The minimum Gasteiger partial charge on any atom is -0.362 e. The average molecular weight is 310 g/mol. The normalized spacial score (nSPS) is 15.3. The predicted octanol–water partition coefficient (Wildman–Crippen LogP) is 0.944. The van der Waals surface area contributed by atoms with Gasteiger partial charge in [-0.2, -0.15) is 4.39 Å². The van der Waals surface area contributed by atoms with Crippen molar-refractivity contribution in [3.8, 4) is 0 Å². The van der Waals surface area contributed by atoms with Crippen LogP contribution in [0.5, 0.6) is 0 Å². The molecule has 1 heterocycles. The predicted molar refractivity (Wildman–Crippen MR) is 80.4 cm³/mol. The number of benzene rings is 1. The van der Waals surface area contributed by atoms with Crippen LogP contribution in [0.4, 0.5) is 15.8 Å². The molecule has 1 aromatic carbocycles. The molecule has 1 saturated heterocycles. The summed E-state index contributed by atoms with van der Waals surface area (Å²) in [6.07, 6.45) is 0. The highest BCUT2D eigenvalue weighted by atomic mass is 19.1. The third-order valence-electron chi connectivity index (χ3n) is 3.57. The number of nitro groups is 1. The van der Waals surface area contributed by atoms with Gasteiger partial charge in [-0.05, 0) is 26.2 Å². The van der Waals surface area contributed by atoms with Gasteiger partial charge in [-0.25, -0.2) is 0 Å². The molecule has 1 amide bonds. The van der Waals surface area contributed by atoms with E-state index in [-0.39, 0.29) is 11.6 Å². The van der Waals surface area contributed by atoms with Crippen molar-refractivity contribution in [3.05, 3.63) is 34.1 Å². The highest BCUT2D eigenvalue weighted by Crippen LogP contribution is 2.31. The zero-order chi connectivity index (χ0) is 16.3. The van der Waals surface area contributed by atoms with Crippen LogP contribution in [0.1, 0.15) is 0 Å². The van der Waals surface area contributed by atoms with E-state index in [9.17, 15) is 19.3 Å².